The van der Waals surface area contributed by atoms with Crippen LogP contribution in [0.25, 0.3) is 0 Å². The third kappa shape index (κ3) is 4.93. The van der Waals surface area contributed by atoms with Gasteiger partial charge in [0.1, 0.15) is 11.5 Å². The Labute approximate surface area is 126 Å². The van der Waals surface area contributed by atoms with E-state index in [1.54, 1.807) is 22.6 Å². The molecule has 1 rings (SSSR count). The molecule has 0 aliphatic carbocycles. The summed E-state index contributed by atoms with van der Waals surface area (Å²) >= 11 is 1.75. The molecule has 1 atom stereocenters. The first-order chi connectivity index (χ1) is 8.95. The Bertz CT molecular complexity index is 455. The summed E-state index contributed by atoms with van der Waals surface area (Å²) in [6, 6.07) is 2.55. The molecule has 4 nitrogen and oxygen atoms in total. The molecule has 6 heteroatoms. The summed E-state index contributed by atoms with van der Waals surface area (Å²) in [5.74, 6) is -0.436. The van der Waals surface area contributed by atoms with Crippen LogP contribution in [-0.4, -0.2) is 11.0 Å². The molecule has 0 heterocycles. The fraction of sp³-hybridized carbons (Fsp3) is 0.538. The van der Waals surface area contributed by atoms with E-state index < -0.39 is 10.7 Å². The second-order valence-corrected chi connectivity index (χ2v) is 5.74. The van der Waals surface area contributed by atoms with Crippen molar-refractivity contribution in [3.05, 3.63) is 31.6 Å². The van der Waals surface area contributed by atoms with Crippen LogP contribution in [0.1, 0.15) is 39.5 Å². The van der Waals surface area contributed by atoms with Crippen molar-refractivity contribution in [3.63, 3.8) is 0 Å². The van der Waals surface area contributed by atoms with Crippen LogP contribution in [0.2, 0.25) is 0 Å². The van der Waals surface area contributed by atoms with Crippen LogP contribution in [0.5, 0.6) is 0 Å². The number of anilines is 1. The monoisotopic (exact) mass is 380 g/mol. The molecule has 1 unspecified atom stereocenters. The van der Waals surface area contributed by atoms with Crippen molar-refractivity contribution in [2.24, 2.45) is 0 Å². The predicted molar refractivity (Wildman–Crippen MR) is 83.0 cm³/mol. The number of nitro groups is 1. The smallest absolute Gasteiger partial charge is 0.293 e. The fourth-order valence-corrected chi connectivity index (χ4v) is 2.29. The van der Waals surface area contributed by atoms with E-state index in [1.807, 2.05) is 6.92 Å². The number of rotatable bonds is 7. The van der Waals surface area contributed by atoms with E-state index in [0.29, 0.717) is 0 Å². The van der Waals surface area contributed by atoms with Crippen molar-refractivity contribution in [1.29, 1.82) is 0 Å². The van der Waals surface area contributed by atoms with Gasteiger partial charge in [0.05, 0.1) is 8.49 Å². The van der Waals surface area contributed by atoms with Crippen LogP contribution < -0.4 is 5.32 Å². The zero-order valence-electron chi connectivity index (χ0n) is 11.1. The highest BCUT2D eigenvalue weighted by Gasteiger charge is 2.18. The molecule has 0 aliphatic heterocycles. The lowest BCUT2D eigenvalue weighted by Crippen LogP contribution is -2.16. The van der Waals surface area contributed by atoms with Crippen LogP contribution in [0.3, 0.4) is 0 Å². The zero-order valence-corrected chi connectivity index (χ0v) is 13.2. The van der Waals surface area contributed by atoms with E-state index in [4.69, 9.17) is 0 Å². The number of benzene rings is 1. The number of hydrogen-bond acceptors (Lipinski definition) is 3. The Morgan fingerprint density at radius 1 is 1.47 bits per heavy atom. The van der Waals surface area contributed by atoms with E-state index in [0.717, 1.165) is 25.7 Å². The Kier molecular flexibility index (Phi) is 6.47. The number of halogens is 2. The van der Waals surface area contributed by atoms with Gasteiger partial charge in [0.25, 0.3) is 5.69 Å². The van der Waals surface area contributed by atoms with E-state index in [2.05, 4.69) is 12.2 Å². The normalized spacial score (nSPS) is 12.2. The summed E-state index contributed by atoms with van der Waals surface area (Å²) in [6.07, 6.45) is 4.24. The quantitative estimate of drug-likeness (QED) is 0.322. The summed E-state index contributed by atoms with van der Waals surface area (Å²) in [4.78, 5) is 10.5. The first kappa shape index (κ1) is 16.1. The van der Waals surface area contributed by atoms with Crippen molar-refractivity contribution >= 4 is 34.0 Å². The van der Waals surface area contributed by atoms with Gasteiger partial charge in [-0.05, 0) is 35.9 Å². The number of nitrogens with zero attached hydrogens (tertiary/aromatic N) is 1. The molecule has 0 saturated heterocycles. The highest BCUT2D eigenvalue weighted by Crippen LogP contribution is 2.29. The molecule has 0 bridgehead atoms. The second-order valence-electron chi connectivity index (χ2n) is 4.58. The maximum Gasteiger partial charge on any atom is 0.293 e. The van der Waals surface area contributed by atoms with E-state index in [-0.39, 0.29) is 21.0 Å². The van der Waals surface area contributed by atoms with Crippen LogP contribution in [0.4, 0.5) is 15.8 Å². The summed E-state index contributed by atoms with van der Waals surface area (Å²) in [6.45, 7) is 4.08. The van der Waals surface area contributed by atoms with Gasteiger partial charge in [-0.3, -0.25) is 10.1 Å². The molecule has 0 aliphatic rings. The van der Waals surface area contributed by atoms with Crippen molar-refractivity contribution in [1.82, 2.24) is 0 Å². The van der Waals surface area contributed by atoms with Crippen molar-refractivity contribution in [3.8, 4) is 0 Å². The molecule has 0 fully saturated rings. The minimum Gasteiger partial charge on any atom is -0.377 e. The lowest BCUT2D eigenvalue weighted by molar-refractivity contribution is -0.384. The van der Waals surface area contributed by atoms with Gasteiger partial charge in [0.2, 0.25) is 0 Å². The van der Waals surface area contributed by atoms with Crippen LogP contribution in [0, 0.1) is 19.5 Å². The lowest BCUT2D eigenvalue weighted by atomic mass is 10.1. The molecule has 0 aromatic heterocycles. The summed E-state index contributed by atoms with van der Waals surface area (Å²) < 4.78 is 13.8. The minimum absolute atomic E-state index is 0.0758. The van der Waals surface area contributed by atoms with Crippen molar-refractivity contribution < 1.29 is 9.31 Å². The number of unbranched alkanes of at least 4 members (excludes halogenated alkanes) is 2. The standard InChI is InChI=1S/C13H18FIN2O2/c1-3-4-5-6-9(2)16-12-7-10(14)11(15)8-13(12)17(18)19/h7-9,16H,3-6H2,1-2H3. The van der Waals surface area contributed by atoms with Gasteiger partial charge in [0, 0.05) is 18.2 Å². The molecular formula is C13H18FIN2O2. The molecule has 1 N–H and O–H groups in total. The molecule has 0 saturated carbocycles. The van der Waals surface area contributed by atoms with Crippen molar-refractivity contribution in [2.45, 2.75) is 45.6 Å². The van der Waals surface area contributed by atoms with Gasteiger partial charge in [0.15, 0.2) is 0 Å². The van der Waals surface area contributed by atoms with Crippen LogP contribution in [0.15, 0.2) is 12.1 Å². The highest BCUT2D eigenvalue weighted by molar-refractivity contribution is 14.1. The summed E-state index contributed by atoms with van der Waals surface area (Å²) in [5.41, 5.74) is 0.181. The second kappa shape index (κ2) is 7.62. The first-order valence-electron chi connectivity index (χ1n) is 6.35. The largest absolute Gasteiger partial charge is 0.377 e. The molecule has 1 aromatic rings. The van der Waals surface area contributed by atoms with Crippen LogP contribution >= 0.6 is 22.6 Å². The third-order valence-electron chi connectivity index (χ3n) is 2.88. The van der Waals surface area contributed by atoms with Crippen molar-refractivity contribution in [2.75, 3.05) is 5.32 Å². The van der Waals surface area contributed by atoms with Gasteiger partial charge in [-0.15, -0.1) is 0 Å². The Hall–Kier alpha value is -0.920. The third-order valence-corrected chi connectivity index (χ3v) is 3.70. The maximum absolute atomic E-state index is 13.5. The molecular weight excluding hydrogens is 362 g/mol. The Balaban J connectivity index is 2.81. The summed E-state index contributed by atoms with van der Waals surface area (Å²) in [5, 5.41) is 14.0. The number of nitrogens with one attached hydrogen (secondary N) is 1. The maximum atomic E-state index is 13.5. The molecule has 1 aromatic carbocycles. The molecule has 0 spiro atoms. The SMILES string of the molecule is CCCCCC(C)Nc1cc(F)c(I)cc1[N+](=O)[O-]. The Morgan fingerprint density at radius 3 is 2.74 bits per heavy atom. The topological polar surface area (TPSA) is 55.2 Å². The number of hydrogen-bond donors (Lipinski definition) is 1. The average Bonchev–Trinajstić information content (AvgIpc) is 2.33. The highest BCUT2D eigenvalue weighted by atomic mass is 127. The van der Waals surface area contributed by atoms with Gasteiger partial charge >= 0.3 is 0 Å². The molecule has 0 radical (unpaired) electrons. The van der Waals surface area contributed by atoms with E-state index in [1.165, 1.54) is 12.1 Å². The van der Waals surface area contributed by atoms with Gasteiger partial charge < -0.3 is 5.32 Å². The Morgan fingerprint density at radius 2 is 2.16 bits per heavy atom. The molecule has 19 heavy (non-hydrogen) atoms. The number of nitro benzene ring substituents is 1. The average molecular weight is 380 g/mol. The van der Waals surface area contributed by atoms with Gasteiger partial charge in [-0.25, -0.2) is 4.39 Å². The molecule has 0 amide bonds. The fourth-order valence-electron chi connectivity index (χ4n) is 1.84. The zero-order chi connectivity index (χ0) is 14.4. The van der Waals surface area contributed by atoms with Gasteiger partial charge in [-0.2, -0.15) is 0 Å². The summed E-state index contributed by atoms with van der Waals surface area (Å²) in [7, 11) is 0. The van der Waals surface area contributed by atoms with Gasteiger partial charge in [-0.1, -0.05) is 26.2 Å². The minimum atomic E-state index is -0.483. The lowest BCUT2D eigenvalue weighted by Gasteiger charge is -2.15. The predicted octanol–water partition coefficient (Wildman–Crippen LogP) is 4.72. The molecule has 106 valence electrons. The first-order valence-corrected chi connectivity index (χ1v) is 7.43. The van der Waals surface area contributed by atoms with Crippen LogP contribution in [-0.2, 0) is 0 Å². The van der Waals surface area contributed by atoms with E-state index >= 15 is 0 Å². The van der Waals surface area contributed by atoms with E-state index in [9.17, 15) is 14.5 Å².